The van der Waals surface area contributed by atoms with Gasteiger partial charge >= 0.3 is 0 Å². The summed E-state index contributed by atoms with van der Waals surface area (Å²) in [6.45, 7) is 3.60. The molecule has 2 N–H and O–H groups in total. The van der Waals surface area contributed by atoms with Gasteiger partial charge in [-0.1, -0.05) is 36.4 Å². The van der Waals surface area contributed by atoms with E-state index in [1.165, 1.54) is 0 Å². The molecule has 4 aromatic rings. The molecule has 1 aliphatic rings. The average molecular weight is 413 g/mol. The molecule has 0 aliphatic carbocycles. The van der Waals surface area contributed by atoms with Gasteiger partial charge in [-0.2, -0.15) is 4.98 Å². The number of carbonyl (C=O) groups is 1. The first-order chi connectivity index (χ1) is 15.0. The summed E-state index contributed by atoms with van der Waals surface area (Å²) in [7, 11) is 0. The van der Waals surface area contributed by atoms with Gasteiger partial charge in [0.2, 0.25) is 11.6 Å². The third kappa shape index (κ3) is 3.25. The van der Waals surface area contributed by atoms with Crippen LogP contribution < -0.4 is 10.6 Å². The van der Waals surface area contributed by atoms with Crippen molar-refractivity contribution in [2.24, 2.45) is 5.73 Å². The zero-order valence-electron chi connectivity index (χ0n) is 16.9. The Bertz CT molecular complexity index is 1330. The lowest BCUT2D eigenvalue weighted by atomic mass is 10.1. The predicted molar refractivity (Wildman–Crippen MR) is 114 cm³/mol. The van der Waals surface area contributed by atoms with Crippen molar-refractivity contribution in [2.75, 3.05) is 4.90 Å². The van der Waals surface area contributed by atoms with E-state index in [2.05, 4.69) is 20.1 Å². The molecule has 0 fully saturated rings. The highest BCUT2D eigenvalue weighted by molar-refractivity contribution is 5.92. The molecule has 31 heavy (non-hydrogen) atoms. The van der Waals surface area contributed by atoms with E-state index in [4.69, 9.17) is 10.5 Å². The Morgan fingerprint density at radius 1 is 1.06 bits per heavy atom. The van der Waals surface area contributed by atoms with E-state index in [1.807, 2.05) is 66.6 Å². The van der Waals surface area contributed by atoms with E-state index >= 15 is 0 Å². The number of nitrogens with two attached hydrogens (primary N) is 1. The van der Waals surface area contributed by atoms with Gasteiger partial charge in [-0.25, -0.2) is 14.5 Å². The molecule has 0 spiro atoms. The maximum Gasteiger partial charge on any atom is 0.285 e. The zero-order chi connectivity index (χ0) is 21.5. The number of carbonyl (C=O) groups excluding carboxylic acids is 1. The van der Waals surface area contributed by atoms with Gasteiger partial charge in [-0.3, -0.25) is 9.69 Å². The van der Waals surface area contributed by atoms with Crippen LogP contribution in [-0.2, 0) is 9.53 Å². The molecule has 1 amide bonds. The molecule has 0 bridgehead atoms. The molecule has 0 saturated carbocycles. The lowest BCUT2D eigenvalue weighted by Crippen LogP contribution is -2.28. The van der Waals surface area contributed by atoms with Gasteiger partial charge in [0.15, 0.2) is 6.23 Å². The number of nitrogens with zero attached hydrogens (tertiary/aromatic N) is 6. The van der Waals surface area contributed by atoms with Crippen molar-refractivity contribution in [1.29, 1.82) is 0 Å². The third-order valence-corrected chi connectivity index (χ3v) is 5.08. The summed E-state index contributed by atoms with van der Waals surface area (Å²) in [6, 6.07) is 15.5. The van der Waals surface area contributed by atoms with Gasteiger partial charge in [0, 0.05) is 18.0 Å². The van der Waals surface area contributed by atoms with E-state index in [9.17, 15) is 4.79 Å². The fraction of sp³-hybridized carbons (Fsp3) is 0.136. The van der Waals surface area contributed by atoms with Crippen LogP contribution in [0, 0.1) is 0 Å². The molecule has 1 atom stereocenters. The highest BCUT2D eigenvalue weighted by Crippen LogP contribution is 2.31. The van der Waals surface area contributed by atoms with Crippen LogP contribution in [0.1, 0.15) is 13.8 Å². The Balaban J connectivity index is 1.52. The van der Waals surface area contributed by atoms with Crippen LogP contribution in [0.25, 0.3) is 28.4 Å². The molecule has 9 nitrogen and oxygen atoms in total. The minimum Gasteiger partial charge on any atom is -0.463 e. The molecular formula is C22H19N7O2. The van der Waals surface area contributed by atoms with Crippen molar-refractivity contribution in [3.05, 3.63) is 72.4 Å². The Hall–Kier alpha value is -4.27. The summed E-state index contributed by atoms with van der Waals surface area (Å²) in [4.78, 5) is 27.1. The van der Waals surface area contributed by atoms with Crippen LogP contribution in [0.4, 0.5) is 5.82 Å². The quantitative estimate of drug-likeness (QED) is 0.547. The number of rotatable bonds is 4. The molecule has 154 valence electrons. The Morgan fingerprint density at radius 3 is 2.61 bits per heavy atom. The Morgan fingerprint density at radius 2 is 1.87 bits per heavy atom. The van der Waals surface area contributed by atoms with Gasteiger partial charge < -0.3 is 10.5 Å². The van der Waals surface area contributed by atoms with Crippen LogP contribution in [0.5, 0.6) is 0 Å². The van der Waals surface area contributed by atoms with Crippen molar-refractivity contribution in [3.63, 3.8) is 0 Å². The van der Waals surface area contributed by atoms with Crippen LogP contribution >= 0.6 is 0 Å². The number of allylic oxidation sites excluding steroid dienone is 1. The average Bonchev–Trinajstić information content (AvgIpc) is 3.34. The second kappa shape index (κ2) is 7.21. The molecule has 4 heterocycles. The number of anilines is 1. The zero-order valence-corrected chi connectivity index (χ0v) is 16.9. The van der Waals surface area contributed by atoms with E-state index in [1.54, 1.807) is 17.6 Å². The van der Waals surface area contributed by atoms with Gasteiger partial charge in [-0.15, -0.1) is 5.10 Å². The van der Waals surface area contributed by atoms with Crippen molar-refractivity contribution in [3.8, 4) is 22.6 Å². The standard InChI is InChI=1S/C22H19N7O2/c1-13-19(20(23)30)31-14(2)29(13)18-10-6-9-17(25-18)21-26-22-24-11-16(12-28(22)27-21)15-7-4-3-5-8-15/h3-12,14H,1-2H3,(H2,23,30). The highest BCUT2D eigenvalue weighted by Gasteiger charge is 2.32. The molecule has 0 saturated heterocycles. The maximum atomic E-state index is 11.6. The van der Waals surface area contributed by atoms with Crippen LogP contribution in [0.2, 0.25) is 0 Å². The van der Waals surface area contributed by atoms with Crippen molar-refractivity contribution >= 4 is 17.5 Å². The SMILES string of the molecule is CC1=C(C(N)=O)OC(C)N1c1cccc(-c2nc3ncc(-c4ccccc4)cn3n2)n1. The highest BCUT2D eigenvalue weighted by atomic mass is 16.5. The first-order valence-electron chi connectivity index (χ1n) is 9.73. The summed E-state index contributed by atoms with van der Waals surface area (Å²) in [5.41, 5.74) is 8.59. The van der Waals surface area contributed by atoms with Gasteiger partial charge in [0.05, 0.1) is 5.70 Å². The summed E-state index contributed by atoms with van der Waals surface area (Å²) in [5, 5.41) is 4.56. The summed E-state index contributed by atoms with van der Waals surface area (Å²) in [5.74, 6) is 1.07. The molecule has 5 rings (SSSR count). The molecule has 9 heteroatoms. The normalized spacial score (nSPS) is 16.1. The summed E-state index contributed by atoms with van der Waals surface area (Å²) < 4.78 is 7.24. The van der Waals surface area contributed by atoms with Crippen LogP contribution in [-0.4, -0.2) is 36.7 Å². The largest absolute Gasteiger partial charge is 0.463 e. The van der Waals surface area contributed by atoms with Crippen molar-refractivity contribution in [1.82, 2.24) is 24.6 Å². The molecule has 0 radical (unpaired) electrons. The Labute approximate surface area is 177 Å². The second-order valence-electron chi connectivity index (χ2n) is 7.14. The van der Waals surface area contributed by atoms with Crippen molar-refractivity contribution in [2.45, 2.75) is 20.1 Å². The van der Waals surface area contributed by atoms with Gasteiger partial charge in [-0.05, 0) is 31.5 Å². The van der Waals surface area contributed by atoms with Gasteiger partial charge in [0.1, 0.15) is 11.5 Å². The number of benzene rings is 1. The van der Waals surface area contributed by atoms with E-state index in [-0.39, 0.29) is 5.76 Å². The number of hydrogen-bond donors (Lipinski definition) is 1. The summed E-state index contributed by atoms with van der Waals surface area (Å²) >= 11 is 0. The molecule has 3 aromatic heterocycles. The molecule has 1 unspecified atom stereocenters. The monoisotopic (exact) mass is 413 g/mol. The topological polar surface area (TPSA) is 112 Å². The first kappa shape index (κ1) is 18.7. The minimum absolute atomic E-state index is 0.142. The number of primary amides is 1. The number of amides is 1. The molecular weight excluding hydrogens is 394 g/mol. The lowest BCUT2D eigenvalue weighted by molar-refractivity contribution is -0.118. The lowest BCUT2D eigenvalue weighted by Gasteiger charge is -2.22. The smallest absolute Gasteiger partial charge is 0.285 e. The van der Waals surface area contributed by atoms with E-state index in [0.717, 1.165) is 11.1 Å². The minimum atomic E-state index is -0.606. The first-order valence-corrected chi connectivity index (χ1v) is 9.73. The number of ether oxygens (including phenoxy) is 1. The third-order valence-electron chi connectivity index (χ3n) is 5.08. The number of hydrogen-bond acceptors (Lipinski definition) is 7. The van der Waals surface area contributed by atoms with Crippen LogP contribution in [0.15, 0.2) is 72.4 Å². The number of pyridine rings is 1. The second-order valence-corrected chi connectivity index (χ2v) is 7.14. The number of aromatic nitrogens is 5. The molecule has 1 aliphatic heterocycles. The Kier molecular flexibility index (Phi) is 4.36. The van der Waals surface area contributed by atoms with Gasteiger partial charge in [0.25, 0.3) is 11.7 Å². The molecule has 1 aromatic carbocycles. The fourth-order valence-electron chi connectivity index (χ4n) is 3.64. The van der Waals surface area contributed by atoms with E-state index in [0.29, 0.717) is 28.8 Å². The predicted octanol–water partition coefficient (Wildman–Crippen LogP) is 2.75. The maximum absolute atomic E-state index is 11.6. The summed E-state index contributed by atoms with van der Waals surface area (Å²) in [6.07, 6.45) is 3.25. The number of fused-ring (bicyclic) bond motifs is 1. The fourth-order valence-corrected chi connectivity index (χ4v) is 3.64. The van der Waals surface area contributed by atoms with E-state index < -0.39 is 12.1 Å². The van der Waals surface area contributed by atoms with Crippen molar-refractivity contribution < 1.29 is 9.53 Å². The van der Waals surface area contributed by atoms with Crippen LogP contribution in [0.3, 0.4) is 0 Å².